The molecule has 0 bridgehead atoms. The van der Waals surface area contributed by atoms with Gasteiger partial charge < -0.3 is 4.57 Å². The van der Waals surface area contributed by atoms with E-state index in [4.69, 9.17) is 11.6 Å². The van der Waals surface area contributed by atoms with Gasteiger partial charge in [0.25, 0.3) is 0 Å². The molecule has 0 aliphatic carbocycles. The maximum atomic E-state index is 12.4. The number of nitrogens with zero attached hydrogens (tertiary/aromatic N) is 2. The lowest BCUT2D eigenvalue weighted by atomic mass is 10.2. The lowest BCUT2D eigenvalue weighted by molar-refractivity contribution is -0.118. The van der Waals surface area contributed by atoms with Gasteiger partial charge in [-0.05, 0) is 30.2 Å². The summed E-state index contributed by atoms with van der Waals surface area (Å²) in [5.74, 6) is 1.79. The van der Waals surface area contributed by atoms with Crippen LogP contribution in [0.2, 0.25) is 0 Å². The first-order chi connectivity index (χ1) is 15.1. The highest BCUT2D eigenvalue weighted by atomic mass is 32.2. The van der Waals surface area contributed by atoms with E-state index in [0.717, 1.165) is 11.3 Å². The van der Waals surface area contributed by atoms with Gasteiger partial charge in [0.15, 0.2) is 14.6 Å². The number of hydrogen-bond acceptors (Lipinski definition) is 6. The van der Waals surface area contributed by atoms with Crippen LogP contribution in [0.25, 0.3) is 10.2 Å². The minimum absolute atomic E-state index is 0.0409. The fourth-order valence-corrected chi connectivity index (χ4v) is 6.20. The van der Waals surface area contributed by atoms with Crippen molar-refractivity contribution in [2.24, 2.45) is 10.1 Å². The van der Waals surface area contributed by atoms with E-state index in [9.17, 15) is 21.6 Å². The van der Waals surface area contributed by atoms with Crippen molar-refractivity contribution in [3.8, 4) is 12.3 Å². The Kier molecular flexibility index (Phi) is 7.30. The summed E-state index contributed by atoms with van der Waals surface area (Å²) in [5.41, 5.74) is 1.32. The summed E-state index contributed by atoms with van der Waals surface area (Å²) in [4.78, 5) is 16.7. The Balaban J connectivity index is 1.76. The van der Waals surface area contributed by atoms with E-state index in [0.29, 0.717) is 20.6 Å². The molecular weight excluding hydrogens is 470 g/mol. The summed E-state index contributed by atoms with van der Waals surface area (Å²) in [6, 6.07) is 13.2. The Labute approximate surface area is 190 Å². The number of hydrogen-bond donors (Lipinski definition) is 1. The van der Waals surface area contributed by atoms with Crippen molar-refractivity contribution in [1.29, 1.82) is 0 Å². The molecule has 8 nitrogen and oxygen atoms in total. The molecular formula is C21H21N3O5S3. The monoisotopic (exact) mass is 491 g/mol. The largest absolute Gasteiger partial charge is 0.305 e. The zero-order chi connectivity index (χ0) is 23.4. The van der Waals surface area contributed by atoms with Crippen LogP contribution >= 0.6 is 11.3 Å². The molecule has 0 aliphatic heterocycles. The van der Waals surface area contributed by atoms with Crippen molar-refractivity contribution in [3.05, 3.63) is 58.9 Å². The highest BCUT2D eigenvalue weighted by Crippen LogP contribution is 2.21. The Morgan fingerprint density at radius 2 is 1.84 bits per heavy atom. The number of fused-ring (bicyclic) bond motifs is 1. The summed E-state index contributed by atoms with van der Waals surface area (Å²) >= 11 is 1.10. The second-order valence-electron chi connectivity index (χ2n) is 7.04. The van der Waals surface area contributed by atoms with Gasteiger partial charge in [-0.2, -0.15) is 4.99 Å². The molecule has 2 aromatic carbocycles. The van der Waals surface area contributed by atoms with Crippen LogP contribution in [0.15, 0.2) is 58.4 Å². The second-order valence-corrected chi connectivity index (χ2v) is 11.8. The zero-order valence-electron chi connectivity index (χ0n) is 17.0. The minimum Gasteiger partial charge on any atom is -0.305 e. The molecule has 0 unspecified atom stereocenters. The lowest BCUT2D eigenvalue weighted by Crippen LogP contribution is -2.17. The molecule has 168 valence electrons. The average Bonchev–Trinajstić information content (AvgIpc) is 3.04. The molecule has 3 aromatic rings. The molecule has 2 N–H and O–H groups in total. The van der Waals surface area contributed by atoms with Crippen molar-refractivity contribution in [3.63, 3.8) is 0 Å². The number of carbonyl (C=O) groups excluding carboxylic acids is 1. The number of sulfone groups is 1. The predicted molar refractivity (Wildman–Crippen MR) is 124 cm³/mol. The summed E-state index contributed by atoms with van der Waals surface area (Å²) in [7, 11) is -7.23. The van der Waals surface area contributed by atoms with Crippen LogP contribution in [0.5, 0.6) is 0 Å². The molecule has 11 heteroatoms. The van der Waals surface area contributed by atoms with Crippen LogP contribution in [-0.4, -0.2) is 33.1 Å². The average molecular weight is 492 g/mol. The fourth-order valence-electron chi connectivity index (χ4n) is 3.07. The number of benzene rings is 2. The topological polar surface area (TPSA) is 129 Å². The lowest BCUT2D eigenvalue weighted by Gasteiger charge is -2.03. The number of carbonyl (C=O) groups is 1. The molecule has 1 amide bonds. The summed E-state index contributed by atoms with van der Waals surface area (Å²) in [6.45, 7) is 0.131. The van der Waals surface area contributed by atoms with Crippen LogP contribution in [0.1, 0.15) is 18.4 Å². The first kappa shape index (κ1) is 23.9. The standard InChI is InChI=1S/C21H21N3O5S3/c1-2-12-24-18-11-10-17(32(22,28)29)14-19(18)30-21(24)23-20(25)9-6-13-31(26,27)15-16-7-4-3-5-8-16/h1,3-5,7-8,10-11,14H,6,9,12-13,15H2,(H2,22,28,29). The van der Waals surface area contributed by atoms with Gasteiger partial charge in [0.1, 0.15) is 0 Å². The molecule has 0 atom stereocenters. The van der Waals surface area contributed by atoms with Crippen LogP contribution in [0.4, 0.5) is 0 Å². The van der Waals surface area contributed by atoms with Gasteiger partial charge in [0.2, 0.25) is 15.9 Å². The zero-order valence-corrected chi connectivity index (χ0v) is 19.4. The molecule has 0 spiro atoms. The van der Waals surface area contributed by atoms with Crippen LogP contribution < -0.4 is 9.94 Å². The Morgan fingerprint density at radius 1 is 1.12 bits per heavy atom. The number of thiazole rings is 1. The Bertz CT molecular complexity index is 1460. The number of sulfonamides is 1. The van der Waals surface area contributed by atoms with Crippen LogP contribution in [-0.2, 0) is 37.0 Å². The number of amides is 1. The number of primary sulfonamides is 1. The van der Waals surface area contributed by atoms with Gasteiger partial charge in [-0.1, -0.05) is 47.6 Å². The number of rotatable bonds is 8. The fraction of sp³-hybridized carbons (Fsp3) is 0.238. The highest BCUT2D eigenvalue weighted by molar-refractivity contribution is 7.90. The molecule has 0 radical (unpaired) electrons. The first-order valence-electron chi connectivity index (χ1n) is 9.50. The van der Waals surface area contributed by atoms with Crippen molar-refractivity contribution >= 4 is 47.3 Å². The normalized spacial score (nSPS) is 12.7. The third-order valence-corrected chi connectivity index (χ3v) is 8.16. The minimum atomic E-state index is -3.88. The molecule has 0 saturated heterocycles. The van der Waals surface area contributed by atoms with E-state index >= 15 is 0 Å². The second kappa shape index (κ2) is 9.79. The molecule has 0 saturated carbocycles. The van der Waals surface area contributed by atoms with E-state index in [1.165, 1.54) is 12.1 Å². The van der Waals surface area contributed by atoms with Crippen molar-refractivity contribution in [2.45, 2.75) is 30.0 Å². The van der Waals surface area contributed by atoms with Crippen LogP contribution in [0, 0.1) is 12.3 Å². The van der Waals surface area contributed by atoms with Gasteiger partial charge >= 0.3 is 0 Å². The molecule has 0 aliphatic rings. The quantitative estimate of drug-likeness (QED) is 0.481. The first-order valence-corrected chi connectivity index (χ1v) is 13.7. The predicted octanol–water partition coefficient (Wildman–Crippen LogP) is 1.81. The van der Waals surface area contributed by atoms with Gasteiger partial charge in [-0.25, -0.2) is 22.0 Å². The maximum absolute atomic E-state index is 12.4. The van der Waals surface area contributed by atoms with E-state index in [1.807, 2.05) is 6.07 Å². The molecule has 1 heterocycles. The number of nitrogens with two attached hydrogens (primary N) is 1. The van der Waals surface area contributed by atoms with E-state index in [-0.39, 0.29) is 35.8 Å². The van der Waals surface area contributed by atoms with Gasteiger partial charge in [0, 0.05) is 6.42 Å². The molecule has 1 aromatic heterocycles. The van der Waals surface area contributed by atoms with Gasteiger partial charge in [0.05, 0.1) is 33.2 Å². The SMILES string of the molecule is C#CCn1c(=NC(=O)CCCS(=O)(=O)Cc2ccccc2)sc2cc(S(N)(=O)=O)ccc21. The Hall–Kier alpha value is -2.78. The summed E-state index contributed by atoms with van der Waals surface area (Å²) in [6.07, 6.45) is 5.53. The van der Waals surface area contributed by atoms with E-state index < -0.39 is 25.8 Å². The molecule has 32 heavy (non-hydrogen) atoms. The summed E-state index contributed by atoms with van der Waals surface area (Å²) < 4.78 is 50.0. The van der Waals surface area contributed by atoms with Gasteiger partial charge in [-0.15, -0.1) is 6.42 Å². The molecule has 0 fully saturated rings. The van der Waals surface area contributed by atoms with Crippen molar-refractivity contribution in [2.75, 3.05) is 5.75 Å². The van der Waals surface area contributed by atoms with Gasteiger partial charge in [-0.3, -0.25) is 4.79 Å². The van der Waals surface area contributed by atoms with Crippen molar-refractivity contribution < 1.29 is 21.6 Å². The molecule has 3 rings (SSSR count). The van der Waals surface area contributed by atoms with Crippen molar-refractivity contribution in [1.82, 2.24) is 4.57 Å². The third-order valence-electron chi connectivity index (χ3n) is 4.53. The smallest absolute Gasteiger partial charge is 0.248 e. The Morgan fingerprint density at radius 3 is 2.50 bits per heavy atom. The maximum Gasteiger partial charge on any atom is 0.248 e. The number of terminal acetylenes is 1. The van der Waals surface area contributed by atoms with Crippen LogP contribution in [0.3, 0.4) is 0 Å². The summed E-state index contributed by atoms with van der Waals surface area (Å²) in [5, 5.41) is 5.18. The number of aromatic nitrogens is 1. The van der Waals surface area contributed by atoms with E-state index in [2.05, 4.69) is 10.9 Å². The highest BCUT2D eigenvalue weighted by Gasteiger charge is 2.15. The van der Waals surface area contributed by atoms with E-state index in [1.54, 1.807) is 34.9 Å². The third kappa shape index (κ3) is 6.14.